The van der Waals surface area contributed by atoms with Gasteiger partial charge >= 0.3 is 65.4 Å². The molecule has 0 saturated heterocycles. The van der Waals surface area contributed by atoms with Crippen LogP contribution < -0.4 is 0 Å². The molecule has 0 aliphatic rings. The van der Waals surface area contributed by atoms with Gasteiger partial charge in [-0.2, -0.15) is 96.6 Å². The van der Waals surface area contributed by atoms with E-state index in [-0.39, 0.29) is 0 Å². The van der Waals surface area contributed by atoms with E-state index in [1.54, 1.807) is 0 Å². The van der Waals surface area contributed by atoms with Gasteiger partial charge in [-0.3, -0.25) is 0 Å². The maximum atomic E-state index is 13.7. The molecule has 0 saturated carbocycles. The van der Waals surface area contributed by atoms with Crippen LogP contribution in [-0.2, 0) is 9.53 Å². The van der Waals surface area contributed by atoms with E-state index in [0.29, 0.717) is 6.92 Å². The summed E-state index contributed by atoms with van der Waals surface area (Å²) in [5.41, 5.74) is -10.5. The SMILES string of the molecule is CC(C(=O)OCCCC(F)(F)C(F)(F)C(F)(F)C(F)(F)C(F)(F)C(F)(F)C(F)(F)C(F)(C(F)(F)F)C(F)(F)F)=C(F)F. The minimum atomic E-state index is -9.36. The summed E-state index contributed by atoms with van der Waals surface area (Å²) in [5, 5.41) is 0. The van der Waals surface area contributed by atoms with Crippen LogP contribution in [0.15, 0.2) is 11.7 Å². The summed E-state index contributed by atoms with van der Waals surface area (Å²) in [6.07, 6.45) is -24.7. The largest absolute Gasteiger partial charge is 0.462 e. The highest BCUT2D eigenvalue weighted by Gasteiger charge is 2.99. The lowest BCUT2D eigenvalue weighted by Gasteiger charge is -2.45. The molecule has 0 aliphatic heterocycles. The smallest absolute Gasteiger partial charge is 0.438 e. The molecule has 0 atom stereocenters. The summed E-state index contributed by atoms with van der Waals surface area (Å²) in [6, 6.07) is 0. The summed E-state index contributed by atoms with van der Waals surface area (Å²) in [5.74, 6) is -63.0. The second kappa shape index (κ2) is 10.9. The lowest BCUT2D eigenvalue weighted by atomic mass is 9.82. The molecule has 0 unspecified atom stereocenters. The fourth-order valence-corrected chi connectivity index (χ4v) is 2.55. The number of esters is 1. The van der Waals surface area contributed by atoms with Gasteiger partial charge in [0, 0.05) is 6.42 Å². The molecule has 0 rings (SSSR count). The molecule has 0 aromatic carbocycles. The summed E-state index contributed by atoms with van der Waals surface area (Å²) in [6.45, 7) is -1.41. The van der Waals surface area contributed by atoms with Gasteiger partial charge in [-0.15, -0.1) is 0 Å². The van der Waals surface area contributed by atoms with Crippen molar-refractivity contribution in [1.29, 1.82) is 0 Å². The van der Waals surface area contributed by atoms with Gasteiger partial charge in [0.15, 0.2) is 0 Å². The number of hydrogen-bond donors (Lipinski definition) is 0. The third-order valence-electron chi connectivity index (χ3n) is 5.10. The lowest BCUT2D eigenvalue weighted by Crippen LogP contribution is -2.78. The molecular weight excluding hydrogens is 673 g/mol. The van der Waals surface area contributed by atoms with Crippen LogP contribution in [0.25, 0.3) is 0 Å². The average molecular weight is 682 g/mol. The van der Waals surface area contributed by atoms with E-state index < -0.39 is 96.6 Å². The summed E-state index contributed by atoms with van der Waals surface area (Å²) < 4.78 is 307. The van der Waals surface area contributed by atoms with E-state index in [2.05, 4.69) is 4.74 Å². The first kappa shape index (κ1) is 39.6. The Morgan fingerprint density at radius 3 is 1.14 bits per heavy atom. The molecule has 0 heterocycles. The molecule has 0 N–H and O–H groups in total. The highest BCUT2D eigenvalue weighted by Crippen LogP contribution is 2.67. The predicted octanol–water partition coefficient (Wildman–Crippen LogP) is 8.76. The maximum absolute atomic E-state index is 13.7. The van der Waals surface area contributed by atoms with E-state index in [0.717, 1.165) is 0 Å². The van der Waals surface area contributed by atoms with Crippen molar-refractivity contribution in [2.24, 2.45) is 0 Å². The summed E-state index contributed by atoms with van der Waals surface area (Å²) in [7, 11) is 0. The number of carbonyl (C=O) groups excluding carboxylic acids is 1. The standard InChI is InChI=1S/C17H9F23O2/c1-5(6(18)19)7(41)42-4-2-3-8(20,21)10(23,24)12(27,28)14(31,32)15(33,34)13(29,30)11(25,26)9(22,16(35,36)37)17(38,39)40/h2-4H2,1H3. The maximum Gasteiger partial charge on any atom is 0.438 e. The summed E-state index contributed by atoms with van der Waals surface area (Å²) >= 11 is 0. The van der Waals surface area contributed by atoms with Crippen LogP contribution in [0.3, 0.4) is 0 Å². The highest BCUT2D eigenvalue weighted by atomic mass is 19.4. The number of rotatable bonds is 12. The molecule has 25 heteroatoms. The van der Waals surface area contributed by atoms with Crippen molar-refractivity contribution in [3.05, 3.63) is 11.7 Å². The number of carbonyl (C=O) groups is 1. The van der Waals surface area contributed by atoms with Gasteiger partial charge in [0.2, 0.25) is 0 Å². The Hall–Kier alpha value is -2.40. The van der Waals surface area contributed by atoms with Crippen molar-refractivity contribution in [1.82, 2.24) is 0 Å². The van der Waals surface area contributed by atoms with Gasteiger partial charge < -0.3 is 4.74 Å². The van der Waals surface area contributed by atoms with Gasteiger partial charge in [-0.05, 0) is 13.3 Å². The fourth-order valence-electron chi connectivity index (χ4n) is 2.55. The van der Waals surface area contributed by atoms with Gasteiger partial charge in [0.25, 0.3) is 6.08 Å². The second-order valence-electron chi connectivity index (χ2n) is 7.93. The molecule has 0 spiro atoms. The van der Waals surface area contributed by atoms with Crippen LogP contribution in [0.4, 0.5) is 101 Å². The molecule has 250 valence electrons. The first-order valence-electron chi connectivity index (χ1n) is 9.65. The van der Waals surface area contributed by atoms with E-state index in [1.807, 2.05) is 0 Å². The zero-order valence-corrected chi connectivity index (χ0v) is 19.1. The normalized spacial score (nSPS) is 15.5. The Kier molecular flexibility index (Phi) is 10.3. The average Bonchev–Trinajstić information content (AvgIpc) is 2.77. The molecule has 0 fully saturated rings. The predicted molar refractivity (Wildman–Crippen MR) is 85.7 cm³/mol. The first-order valence-corrected chi connectivity index (χ1v) is 9.65. The van der Waals surface area contributed by atoms with Gasteiger partial charge in [0.1, 0.15) is 0 Å². The lowest BCUT2D eigenvalue weighted by molar-refractivity contribution is -0.477. The van der Waals surface area contributed by atoms with Crippen molar-refractivity contribution < 1.29 is 111 Å². The van der Waals surface area contributed by atoms with Crippen molar-refractivity contribution in [3.8, 4) is 0 Å². The highest BCUT2D eigenvalue weighted by molar-refractivity contribution is 5.87. The van der Waals surface area contributed by atoms with Gasteiger partial charge in [0.05, 0.1) is 12.2 Å². The topological polar surface area (TPSA) is 26.3 Å². The first-order chi connectivity index (χ1) is 18.0. The molecule has 0 bridgehead atoms. The molecule has 0 aromatic rings. The Morgan fingerprint density at radius 1 is 0.524 bits per heavy atom. The molecule has 0 aromatic heterocycles. The Balaban J connectivity index is 6.67. The van der Waals surface area contributed by atoms with Gasteiger partial charge in [-0.1, -0.05) is 0 Å². The van der Waals surface area contributed by atoms with Crippen LogP contribution in [0.2, 0.25) is 0 Å². The second-order valence-corrected chi connectivity index (χ2v) is 7.93. The quantitative estimate of drug-likeness (QED) is 0.0891. The molecule has 0 aliphatic carbocycles. The Morgan fingerprint density at radius 2 is 0.833 bits per heavy atom. The molecule has 0 amide bonds. The van der Waals surface area contributed by atoms with E-state index in [1.165, 1.54) is 0 Å². The van der Waals surface area contributed by atoms with E-state index in [9.17, 15) is 106 Å². The third kappa shape index (κ3) is 5.63. The minimum Gasteiger partial charge on any atom is -0.462 e. The van der Waals surface area contributed by atoms with E-state index in [4.69, 9.17) is 0 Å². The van der Waals surface area contributed by atoms with Crippen LogP contribution in [0, 0.1) is 0 Å². The Bertz CT molecular complexity index is 999. The minimum absolute atomic E-state index is 0.318. The van der Waals surface area contributed by atoms with Crippen LogP contribution >= 0.6 is 0 Å². The zero-order chi connectivity index (χ0) is 34.6. The molecule has 42 heavy (non-hydrogen) atoms. The monoisotopic (exact) mass is 682 g/mol. The van der Waals surface area contributed by atoms with Crippen LogP contribution in [0.5, 0.6) is 0 Å². The number of ether oxygens (including phenoxy) is 1. The summed E-state index contributed by atoms with van der Waals surface area (Å²) in [4.78, 5) is 11.0. The fraction of sp³-hybridized carbons (Fsp3) is 0.824. The van der Waals surface area contributed by atoms with Crippen LogP contribution in [0.1, 0.15) is 19.8 Å². The van der Waals surface area contributed by atoms with Crippen molar-refractivity contribution in [3.63, 3.8) is 0 Å². The van der Waals surface area contributed by atoms with E-state index >= 15 is 0 Å². The zero-order valence-electron chi connectivity index (χ0n) is 19.1. The number of hydrogen-bond acceptors (Lipinski definition) is 2. The number of alkyl halides is 21. The van der Waals surface area contributed by atoms with Crippen LogP contribution in [-0.4, -0.2) is 72.1 Å². The van der Waals surface area contributed by atoms with Crippen molar-refractivity contribution in [2.45, 2.75) is 79.2 Å². The Labute approximate surface area is 215 Å². The molecular formula is C17H9F23O2. The third-order valence-corrected chi connectivity index (χ3v) is 5.10. The van der Waals surface area contributed by atoms with Crippen molar-refractivity contribution in [2.75, 3.05) is 6.61 Å². The molecule has 2 nitrogen and oxygen atoms in total. The number of halogens is 23. The molecule has 0 radical (unpaired) electrons. The van der Waals surface area contributed by atoms with Crippen molar-refractivity contribution >= 4 is 5.97 Å². The van der Waals surface area contributed by atoms with Gasteiger partial charge in [-0.25, -0.2) is 9.18 Å².